The summed E-state index contributed by atoms with van der Waals surface area (Å²) in [5, 5.41) is 19.0. The van der Waals surface area contributed by atoms with Crippen molar-refractivity contribution >= 4 is 7.48 Å². The van der Waals surface area contributed by atoms with Crippen LogP contribution in [0.15, 0.2) is 0 Å². The molecule has 1 rings (SSSR count). The summed E-state index contributed by atoms with van der Waals surface area (Å²) in [6.07, 6.45) is 4.30. The zero-order valence-electron chi connectivity index (χ0n) is 11.6. The lowest BCUT2D eigenvalue weighted by molar-refractivity contribution is -0.0913. The van der Waals surface area contributed by atoms with Crippen LogP contribution in [0, 0.1) is 5.92 Å². The minimum atomic E-state index is -0.855. The molecule has 99 valence electrons. The number of hydrogen-bond donors (Lipinski definition) is 2. The summed E-state index contributed by atoms with van der Waals surface area (Å²) < 4.78 is 5.76. The Morgan fingerprint density at radius 2 is 1.65 bits per heavy atom. The summed E-state index contributed by atoms with van der Waals surface area (Å²) in [5.41, 5.74) is -1.42. The molecular formula is C13H26BO3. The van der Waals surface area contributed by atoms with E-state index in [2.05, 4.69) is 0 Å². The SMILES string of the molecule is CC(C)(O)C(C)(C)O[B]C1CCC(CO)CC1. The molecule has 1 aliphatic carbocycles. The fourth-order valence-corrected chi connectivity index (χ4v) is 1.92. The lowest BCUT2D eigenvalue weighted by Gasteiger charge is -2.39. The van der Waals surface area contributed by atoms with Crippen LogP contribution in [-0.4, -0.2) is 35.5 Å². The van der Waals surface area contributed by atoms with Crippen molar-refractivity contribution in [3.05, 3.63) is 0 Å². The van der Waals surface area contributed by atoms with Crippen LogP contribution < -0.4 is 0 Å². The van der Waals surface area contributed by atoms with Gasteiger partial charge >= 0.3 is 0 Å². The van der Waals surface area contributed by atoms with Crippen molar-refractivity contribution in [1.29, 1.82) is 0 Å². The Bertz CT molecular complexity index is 227. The van der Waals surface area contributed by atoms with Gasteiger partial charge in [0.2, 0.25) is 0 Å². The lowest BCUT2D eigenvalue weighted by atomic mass is 9.67. The fraction of sp³-hybridized carbons (Fsp3) is 1.00. The molecule has 0 aromatic rings. The molecule has 0 aromatic carbocycles. The van der Waals surface area contributed by atoms with Crippen molar-refractivity contribution in [2.24, 2.45) is 5.92 Å². The van der Waals surface area contributed by atoms with Crippen molar-refractivity contribution in [3.63, 3.8) is 0 Å². The number of hydrogen-bond acceptors (Lipinski definition) is 3. The highest BCUT2D eigenvalue weighted by Crippen LogP contribution is 2.34. The van der Waals surface area contributed by atoms with Gasteiger partial charge in [-0.05, 0) is 52.3 Å². The first kappa shape index (κ1) is 15.0. The molecule has 17 heavy (non-hydrogen) atoms. The Morgan fingerprint density at radius 1 is 1.12 bits per heavy atom. The second-order valence-electron chi connectivity index (χ2n) is 6.29. The Balaban J connectivity index is 2.33. The van der Waals surface area contributed by atoms with Gasteiger partial charge in [-0.25, -0.2) is 0 Å². The molecule has 2 N–H and O–H groups in total. The van der Waals surface area contributed by atoms with E-state index in [9.17, 15) is 5.11 Å². The van der Waals surface area contributed by atoms with Gasteiger partial charge in [0, 0.05) is 6.61 Å². The largest absolute Gasteiger partial charge is 0.433 e. The predicted octanol–water partition coefficient (Wildman–Crippen LogP) is 2.14. The van der Waals surface area contributed by atoms with Gasteiger partial charge in [-0.2, -0.15) is 0 Å². The molecule has 4 heteroatoms. The first-order valence-electron chi connectivity index (χ1n) is 6.60. The van der Waals surface area contributed by atoms with E-state index in [0.29, 0.717) is 18.3 Å². The van der Waals surface area contributed by atoms with Crippen LogP contribution in [0.3, 0.4) is 0 Å². The average Bonchev–Trinajstić information content (AvgIpc) is 2.25. The molecule has 1 aliphatic rings. The van der Waals surface area contributed by atoms with Crippen LogP contribution >= 0.6 is 0 Å². The third kappa shape index (κ3) is 4.27. The molecule has 0 bridgehead atoms. The normalized spacial score (nSPS) is 26.9. The van der Waals surface area contributed by atoms with Crippen molar-refractivity contribution < 1.29 is 14.9 Å². The Labute approximate surface area is 106 Å². The second kappa shape index (κ2) is 5.72. The molecule has 0 heterocycles. The number of aliphatic hydroxyl groups excluding tert-OH is 1. The van der Waals surface area contributed by atoms with Crippen molar-refractivity contribution in [3.8, 4) is 0 Å². The standard InChI is InChI=1S/C13H26BO3/c1-12(2,16)13(3,4)17-14-11-7-5-10(9-15)6-8-11/h10-11,15-16H,5-9H2,1-4H3. The van der Waals surface area contributed by atoms with E-state index < -0.39 is 11.2 Å². The smallest absolute Gasteiger partial charge is 0.296 e. The topological polar surface area (TPSA) is 49.7 Å². The first-order chi connectivity index (χ1) is 7.76. The van der Waals surface area contributed by atoms with E-state index in [0.717, 1.165) is 25.7 Å². The summed E-state index contributed by atoms with van der Waals surface area (Å²) in [4.78, 5) is 0. The van der Waals surface area contributed by atoms with Gasteiger partial charge in [-0.3, -0.25) is 0 Å². The van der Waals surface area contributed by atoms with E-state index in [4.69, 9.17) is 9.76 Å². The van der Waals surface area contributed by atoms with Gasteiger partial charge < -0.3 is 14.9 Å². The van der Waals surface area contributed by atoms with Gasteiger partial charge in [-0.15, -0.1) is 0 Å². The fourth-order valence-electron chi connectivity index (χ4n) is 1.92. The minimum absolute atomic E-state index is 0.308. The zero-order chi connectivity index (χ0) is 13.1. The molecule has 0 unspecified atom stereocenters. The van der Waals surface area contributed by atoms with Crippen molar-refractivity contribution in [1.82, 2.24) is 0 Å². The molecular weight excluding hydrogens is 215 g/mol. The van der Waals surface area contributed by atoms with Crippen LogP contribution in [0.5, 0.6) is 0 Å². The third-order valence-electron chi connectivity index (χ3n) is 4.18. The summed E-state index contributed by atoms with van der Waals surface area (Å²) in [6.45, 7) is 7.65. The van der Waals surface area contributed by atoms with E-state index in [1.807, 2.05) is 21.3 Å². The monoisotopic (exact) mass is 241 g/mol. The Kier molecular flexibility index (Phi) is 5.05. The Hall–Kier alpha value is -0.0551. The third-order valence-corrected chi connectivity index (χ3v) is 4.18. The maximum atomic E-state index is 9.98. The van der Waals surface area contributed by atoms with E-state index in [-0.39, 0.29) is 0 Å². The maximum Gasteiger partial charge on any atom is 0.296 e. The molecule has 1 fully saturated rings. The highest BCUT2D eigenvalue weighted by molar-refractivity contribution is 6.29. The van der Waals surface area contributed by atoms with Crippen LogP contribution in [0.25, 0.3) is 0 Å². The van der Waals surface area contributed by atoms with Crippen LogP contribution in [0.2, 0.25) is 5.82 Å². The van der Waals surface area contributed by atoms with Gasteiger partial charge in [0.15, 0.2) is 0 Å². The van der Waals surface area contributed by atoms with E-state index in [1.165, 1.54) is 0 Å². The minimum Gasteiger partial charge on any atom is -0.433 e. The maximum absolute atomic E-state index is 9.98. The molecule has 0 atom stereocenters. The zero-order valence-corrected chi connectivity index (χ0v) is 11.6. The molecule has 0 amide bonds. The van der Waals surface area contributed by atoms with Crippen LogP contribution in [0.1, 0.15) is 53.4 Å². The molecule has 1 radical (unpaired) electrons. The molecule has 3 nitrogen and oxygen atoms in total. The number of rotatable bonds is 5. The van der Waals surface area contributed by atoms with Gasteiger partial charge in [0.05, 0.1) is 11.2 Å². The second-order valence-corrected chi connectivity index (χ2v) is 6.29. The summed E-state index contributed by atoms with van der Waals surface area (Å²) >= 11 is 0. The van der Waals surface area contributed by atoms with Crippen LogP contribution in [0.4, 0.5) is 0 Å². The summed E-state index contributed by atoms with van der Waals surface area (Å²) in [6, 6.07) is 0. The van der Waals surface area contributed by atoms with E-state index >= 15 is 0 Å². The highest BCUT2D eigenvalue weighted by atomic mass is 16.5. The van der Waals surface area contributed by atoms with Gasteiger partial charge in [0.1, 0.15) is 0 Å². The predicted molar refractivity (Wildman–Crippen MR) is 70.0 cm³/mol. The molecule has 0 aromatic heterocycles. The van der Waals surface area contributed by atoms with Gasteiger partial charge in [0.25, 0.3) is 7.48 Å². The molecule has 0 saturated heterocycles. The van der Waals surface area contributed by atoms with Crippen molar-refractivity contribution in [2.45, 2.75) is 70.4 Å². The quantitative estimate of drug-likeness (QED) is 0.725. The lowest BCUT2D eigenvalue weighted by Crippen LogP contribution is -2.48. The summed E-state index contributed by atoms with van der Waals surface area (Å²) in [5.74, 6) is 0.932. The molecule has 0 spiro atoms. The highest BCUT2D eigenvalue weighted by Gasteiger charge is 2.36. The number of aliphatic hydroxyl groups is 2. The Morgan fingerprint density at radius 3 is 2.06 bits per heavy atom. The molecule has 0 aliphatic heterocycles. The first-order valence-corrected chi connectivity index (χ1v) is 6.60. The van der Waals surface area contributed by atoms with Gasteiger partial charge in [-0.1, -0.05) is 12.8 Å². The van der Waals surface area contributed by atoms with Crippen LogP contribution in [-0.2, 0) is 4.65 Å². The average molecular weight is 241 g/mol. The van der Waals surface area contributed by atoms with E-state index in [1.54, 1.807) is 13.8 Å². The molecule has 1 saturated carbocycles. The summed E-state index contributed by atoms with van der Waals surface area (Å²) in [7, 11) is 1.89. The van der Waals surface area contributed by atoms with Crippen molar-refractivity contribution in [2.75, 3.05) is 6.61 Å².